The third-order valence-electron chi connectivity index (χ3n) is 3.65. The van der Waals surface area contributed by atoms with Gasteiger partial charge in [-0.25, -0.2) is 13.8 Å². The molecule has 0 amide bonds. The van der Waals surface area contributed by atoms with Gasteiger partial charge in [-0.15, -0.1) is 0 Å². The maximum Gasteiger partial charge on any atom is 0.263 e. The summed E-state index contributed by atoms with van der Waals surface area (Å²) < 4.78 is 34.2. The number of rotatable bonds is 2. The van der Waals surface area contributed by atoms with Crippen molar-refractivity contribution in [2.24, 2.45) is 0 Å². The molecule has 0 unspecified atom stereocenters. The number of H-pyrrole nitrogens is 1. The molecule has 1 aliphatic rings. The maximum atomic E-state index is 14.3. The summed E-state index contributed by atoms with van der Waals surface area (Å²) in [6.07, 6.45) is -3.87. The molecule has 10 heteroatoms. The number of aromatic amines is 1. The molecule has 3 rings (SSSR count). The van der Waals surface area contributed by atoms with Crippen molar-refractivity contribution < 1.29 is 23.7 Å². The molecule has 0 radical (unpaired) electrons. The van der Waals surface area contributed by atoms with Crippen LogP contribution in [-0.2, 0) is 4.74 Å². The Morgan fingerprint density at radius 3 is 2.95 bits per heavy atom. The molecule has 4 atom stereocenters. The van der Waals surface area contributed by atoms with Crippen LogP contribution >= 0.6 is 0 Å². The lowest BCUT2D eigenvalue weighted by molar-refractivity contribution is -0.0912. The fraction of sp³-hybridized carbons (Fsp3) is 0.417. The number of nitrogens with one attached hydrogen (secondary N) is 1. The van der Waals surface area contributed by atoms with Gasteiger partial charge >= 0.3 is 0 Å². The minimum atomic E-state index is -2.17. The molecule has 3 heterocycles. The van der Waals surface area contributed by atoms with Crippen LogP contribution in [-0.4, -0.2) is 49.2 Å². The predicted octanol–water partition coefficient (Wildman–Crippen LogP) is -0.654. The molecule has 116 valence electrons. The number of halogens is 2. The second-order valence-electron chi connectivity index (χ2n) is 4.87. The molecule has 0 bridgehead atoms. The van der Waals surface area contributed by atoms with Crippen molar-refractivity contribution in [3.8, 4) is 6.07 Å². The lowest BCUT2D eigenvalue weighted by Crippen LogP contribution is -2.44. The lowest BCUT2D eigenvalue weighted by Gasteiger charge is -2.21. The zero-order valence-corrected chi connectivity index (χ0v) is 10.9. The molecular formula is C12H10F2N4O4. The van der Waals surface area contributed by atoms with Crippen LogP contribution in [0.1, 0.15) is 6.23 Å². The first-order valence-electron chi connectivity index (χ1n) is 6.21. The van der Waals surface area contributed by atoms with Crippen molar-refractivity contribution in [3.05, 3.63) is 28.7 Å². The summed E-state index contributed by atoms with van der Waals surface area (Å²) in [5.41, 5.74) is -3.13. The third kappa shape index (κ3) is 1.77. The van der Waals surface area contributed by atoms with Gasteiger partial charge in [-0.2, -0.15) is 5.26 Å². The topological polar surface area (TPSA) is 124 Å². The van der Waals surface area contributed by atoms with Gasteiger partial charge in [0, 0.05) is 6.20 Å². The summed E-state index contributed by atoms with van der Waals surface area (Å²) in [5, 5.41) is 27.6. The summed E-state index contributed by atoms with van der Waals surface area (Å²) in [5.74, 6) is -0.951. The molecule has 0 spiro atoms. The monoisotopic (exact) mass is 312 g/mol. The van der Waals surface area contributed by atoms with Gasteiger partial charge in [-0.1, -0.05) is 0 Å². The highest BCUT2D eigenvalue weighted by Crippen LogP contribution is 2.40. The van der Waals surface area contributed by atoms with Gasteiger partial charge in [-0.3, -0.25) is 9.36 Å². The first-order valence-corrected chi connectivity index (χ1v) is 6.21. The average Bonchev–Trinajstić information content (AvgIpc) is 2.98. The number of nitriles is 1. The van der Waals surface area contributed by atoms with E-state index < -0.39 is 47.5 Å². The van der Waals surface area contributed by atoms with Crippen LogP contribution in [0.5, 0.6) is 0 Å². The number of aliphatic hydroxyl groups excluding tert-OH is 2. The van der Waals surface area contributed by atoms with Crippen molar-refractivity contribution in [2.75, 3.05) is 6.61 Å². The fourth-order valence-electron chi connectivity index (χ4n) is 2.48. The SMILES string of the molecule is N#C[C@]1(CO)O[C@@H](n2cc(F)c3c(=O)[nH]cnc32)[C@@H](F)[C@@H]1O. The molecule has 0 saturated carbocycles. The van der Waals surface area contributed by atoms with Crippen LogP contribution in [0.2, 0.25) is 0 Å². The maximum absolute atomic E-state index is 14.3. The Bertz CT molecular complexity index is 829. The molecule has 1 saturated heterocycles. The third-order valence-corrected chi connectivity index (χ3v) is 3.65. The first kappa shape index (κ1) is 14.6. The largest absolute Gasteiger partial charge is 0.392 e. The molecule has 22 heavy (non-hydrogen) atoms. The van der Waals surface area contributed by atoms with E-state index in [9.17, 15) is 23.8 Å². The Labute approximate surface area is 121 Å². The molecular weight excluding hydrogens is 302 g/mol. The number of aliphatic hydroxyl groups is 2. The van der Waals surface area contributed by atoms with Crippen molar-refractivity contribution in [3.63, 3.8) is 0 Å². The zero-order valence-electron chi connectivity index (χ0n) is 10.9. The van der Waals surface area contributed by atoms with E-state index in [1.54, 1.807) is 0 Å². The number of ether oxygens (including phenoxy) is 1. The van der Waals surface area contributed by atoms with E-state index in [0.29, 0.717) is 0 Å². The van der Waals surface area contributed by atoms with Crippen LogP contribution in [0, 0.1) is 17.1 Å². The van der Waals surface area contributed by atoms with Crippen LogP contribution in [0.4, 0.5) is 8.78 Å². The number of hydrogen-bond donors (Lipinski definition) is 3. The fourth-order valence-corrected chi connectivity index (χ4v) is 2.48. The van der Waals surface area contributed by atoms with Crippen molar-refractivity contribution in [2.45, 2.75) is 24.1 Å². The van der Waals surface area contributed by atoms with E-state index in [-0.39, 0.29) is 5.65 Å². The van der Waals surface area contributed by atoms with Crippen molar-refractivity contribution >= 4 is 11.0 Å². The second kappa shape index (κ2) is 4.84. The van der Waals surface area contributed by atoms with E-state index in [2.05, 4.69) is 9.97 Å². The van der Waals surface area contributed by atoms with Crippen LogP contribution in [0.15, 0.2) is 17.3 Å². The number of hydrogen-bond acceptors (Lipinski definition) is 6. The number of aromatic nitrogens is 3. The lowest BCUT2D eigenvalue weighted by atomic mass is 9.99. The molecule has 1 fully saturated rings. The molecule has 0 aliphatic carbocycles. The van der Waals surface area contributed by atoms with E-state index in [1.165, 1.54) is 6.07 Å². The summed E-state index contributed by atoms with van der Waals surface area (Å²) in [7, 11) is 0. The van der Waals surface area contributed by atoms with Crippen LogP contribution in [0.25, 0.3) is 11.0 Å². The minimum absolute atomic E-state index is 0.201. The van der Waals surface area contributed by atoms with Crippen LogP contribution in [0.3, 0.4) is 0 Å². The van der Waals surface area contributed by atoms with Gasteiger partial charge in [0.05, 0.1) is 12.9 Å². The Kier molecular flexibility index (Phi) is 3.21. The Morgan fingerprint density at radius 1 is 1.64 bits per heavy atom. The molecule has 0 aromatic carbocycles. The van der Waals surface area contributed by atoms with E-state index >= 15 is 0 Å². The number of nitrogens with zero attached hydrogens (tertiary/aromatic N) is 3. The summed E-state index contributed by atoms with van der Waals surface area (Å²) in [6.45, 7) is -0.947. The van der Waals surface area contributed by atoms with Gasteiger partial charge in [-0.05, 0) is 0 Å². The molecule has 1 aliphatic heterocycles. The number of fused-ring (bicyclic) bond motifs is 1. The van der Waals surface area contributed by atoms with Gasteiger partial charge in [0.15, 0.2) is 23.9 Å². The Balaban J connectivity index is 2.16. The molecule has 2 aromatic rings. The highest BCUT2D eigenvalue weighted by molar-refractivity contribution is 5.75. The quantitative estimate of drug-likeness (QED) is 0.676. The summed E-state index contributed by atoms with van der Waals surface area (Å²) in [6, 6.07) is 1.52. The number of alkyl halides is 1. The average molecular weight is 312 g/mol. The van der Waals surface area contributed by atoms with Gasteiger partial charge in [0.2, 0.25) is 5.60 Å². The van der Waals surface area contributed by atoms with E-state index in [4.69, 9.17) is 10.00 Å². The highest BCUT2D eigenvalue weighted by Gasteiger charge is 2.56. The molecule has 2 aromatic heterocycles. The molecule has 3 N–H and O–H groups in total. The van der Waals surface area contributed by atoms with Crippen molar-refractivity contribution in [1.82, 2.24) is 14.5 Å². The van der Waals surface area contributed by atoms with Crippen LogP contribution < -0.4 is 5.56 Å². The first-order chi connectivity index (χ1) is 10.4. The smallest absolute Gasteiger partial charge is 0.263 e. The predicted molar refractivity (Wildman–Crippen MR) is 66.8 cm³/mol. The Morgan fingerprint density at radius 2 is 2.36 bits per heavy atom. The standard InChI is InChI=1S/C12H10F2N4O4/c13-5-1-18(9-6(5)10(21)17-4-16-9)11-7(14)8(20)12(2-15,3-19)22-11/h1,4,7-8,11,19-20H,3H2,(H,16,17,21)/t7-,8-,11+,12+/m0/s1. The molecule has 8 nitrogen and oxygen atoms in total. The van der Waals surface area contributed by atoms with E-state index in [1.807, 2.05) is 0 Å². The van der Waals surface area contributed by atoms with E-state index in [0.717, 1.165) is 17.1 Å². The highest BCUT2D eigenvalue weighted by atomic mass is 19.1. The zero-order chi connectivity index (χ0) is 16.1. The van der Waals surface area contributed by atoms with Gasteiger partial charge in [0.1, 0.15) is 17.6 Å². The van der Waals surface area contributed by atoms with Gasteiger partial charge < -0.3 is 19.9 Å². The Hall–Kier alpha value is -2.35. The summed E-state index contributed by atoms with van der Waals surface area (Å²) >= 11 is 0. The normalized spacial score (nSPS) is 31.5. The summed E-state index contributed by atoms with van der Waals surface area (Å²) in [4.78, 5) is 17.5. The van der Waals surface area contributed by atoms with Gasteiger partial charge in [0.25, 0.3) is 5.56 Å². The second-order valence-corrected chi connectivity index (χ2v) is 4.87. The van der Waals surface area contributed by atoms with Crippen molar-refractivity contribution in [1.29, 1.82) is 5.26 Å². The minimum Gasteiger partial charge on any atom is -0.392 e.